The van der Waals surface area contributed by atoms with E-state index in [2.05, 4.69) is 39.0 Å². The van der Waals surface area contributed by atoms with Crippen molar-refractivity contribution in [2.45, 2.75) is 32.0 Å². The topological polar surface area (TPSA) is 121 Å². The standard InChI is InChI=1S/C19H22BN9/c1-11-9-28(12(2)18(26-11)13(5-21)6-22)16-3-4-23-19(27-16)14-7-25-17-8-24-15(20)10-29(14)17/h3-8,10-12,18,21,26H,9,22H2,1-2H3. The maximum atomic E-state index is 7.66. The van der Waals surface area contributed by atoms with E-state index in [-0.39, 0.29) is 18.1 Å². The smallest absolute Gasteiger partial charge is 0.180 e. The van der Waals surface area contributed by atoms with Crippen LogP contribution in [0.1, 0.15) is 13.8 Å². The van der Waals surface area contributed by atoms with E-state index in [1.165, 1.54) is 12.4 Å². The Kier molecular flexibility index (Phi) is 5.02. The lowest BCUT2D eigenvalue weighted by Crippen LogP contribution is -2.61. The molecule has 3 unspecified atom stereocenters. The minimum atomic E-state index is -0.0682. The first kappa shape index (κ1) is 19.1. The number of imidazole rings is 1. The average Bonchev–Trinajstić information content (AvgIpc) is 3.14. The summed E-state index contributed by atoms with van der Waals surface area (Å²) in [6, 6.07) is 2.07. The van der Waals surface area contributed by atoms with Gasteiger partial charge in [-0.05, 0) is 19.9 Å². The van der Waals surface area contributed by atoms with E-state index in [1.807, 2.05) is 10.5 Å². The SMILES string of the molecule is [B]c1cn2c(-c3nccc(N4CC(C)NC(C(C=N)=CN)C4C)n3)cnc2cn1. The Labute approximate surface area is 170 Å². The summed E-state index contributed by atoms with van der Waals surface area (Å²) in [5, 5.41) is 11.2. The van der Waals surface area contributed by atoms with Crippen LogP contribution in [0.3, 0.4) is 0 Å². The first-order chi connectivity index (χ1) is 14.0. The Morgan fingerprint density at radius 3 is 2.90 bits per heavy atom. The largest absolute Gasteiger partial charge is 0.404 e. The van der Waals surface area contributed by atoms with Gasteiger partial charge in [-0.2, -0.15) is 0 Å². The Hall–Kier alpha value is -3.27. The highest BCUT2D eigenvalue weighted by atomic mass is 15.3. The highest BCUT2D eigenvalue weighted by molar-refractivity contribution is 6.30. The molecule has 0 spiro atoms. The molecule has 0 amide bonds. The number of nitrogens with one attached hydrogen (secondary N) is 2. The highest BCUT2D eigenvalue weighted by Crippen LogP contribution is 2.25. The Bertz CT molecular complexity index is 1080. The molecule has 4 rings (SSSR count). The highest BCUT2D eigenvalue weighted by Gasteiger charge is 2.33. The molecule has 10 heteroatoms. The predicted molar refractivity (Wildman–Crippen MR) is 114 cm³/mol. The summed E-state index contributed by atoms with van der Waals surface area (Å²) in [7, 11) is 5.83. The van der Waals surface area contributed by atoms with E-state index < -0.39 is 0 Å². The summed E-state index contributed by atoms with van der Waals surface area (Å²) in [6.45, 7) is 4.97. The van der Waals surface area contributed by atoms with Gasteiger partial charge in [0.1, 0.15) is 19.4 Å². The number of aromatic nitrogens is 5. The van der Waals surface area contributed by atoms with Gasteiger partial charge in [-0.3, -0.25) is 9.38 Å². The molecule has 1 fully saturated rings. The quantitative estimate of drug-likeness (QED) is 0.427. The minimum absolute atomic E-state index is 0.0485. The van der Waals surface area contributed by atoms with Gasteiger partial charge < -0.3 is 21.4 Å². The van der Waals surface area contributed by atoms with Gasteiger partial charge in [0.25, 0.3) is 0 Å². The molecular formula is C19H22BN9. The summed E-state index contributed by atoms with van der Waals surface area (Å²) in [6.07, 6.45) is 9.57. The predicted octanol–water partition coefficient (Wildman–Crippen LogP) is 0.0275. The molecule has 0 saturated carbocycles. The maximum absolute atomic E-state index is 7.66. The molecule has 9 nitrogen and oxygen atoms in total. The monoisotopic (exact) mass is 387 g/mol. The maximum Gasteiger partial charge on any atom is 0.180 e. The zero-order valence-corrected chi connectivity index (χ0v) is 16.3. The van der Waals surface area contributed by atoms with Crippen LogP contribution in [0.4, 0.5) is 5.82 Å². The van der Waals surface area contributed by atoms with Crippen molar-refractivity contribution in [2.75, 3.05) is 11.4 Å². The van der Waals surface area contributed by atoms with Crippen molar-refractivity contribution >= 4 is 31.1 Å². The Morgan fingerprint density at radius 2 is 2.14 bits per heavy atom. The summed E-state index contributed by atoms with van der Waals surface area (Å²) in [5.41, 5.74) is 8.29. The van der Waals surface area contributed by atoms with E-state index in [4.69, 9.17) is 24.0 Å². The molecule has 0 aromatic carbocycles. The lowest BCUT2D eigenvalue weighted by molar-refractivity contribution is 0.363. The third kappa shape index (κ3) is 3.47. The van der Waals surface area contributed by atoms with Gasteiger partial charge in [0.15, 0.2) is 11.5 Å². The fourth-order valence-corrected chi connectivity index (χ4v) is 3.76. The Morgan fingerprint density at radius 1 is 1.31 bits per heavy atom. The van der Waals surface area contributed by atoms with Crippen molar-refractivity contribution in [2.24, 2.45) is 5.73 Å². The van der Waals surface area contributed by atoms with Gasteiger partial charge >= 0.3 is 0 Å². The van der Waals surface area contributed by atoms with Crippen molar-refractivity contribution in [1.82, 2.24) is 29.7 Å². The van der Waals surface area contributed by atoms with Crippen LogP contribution in [-0.2, 0) is 0 Å². The zero-order valence-electron chi connectivity index (χ0n) is 16.3. The van der Waals surface area contributed by atoms with Gasteiger partial charge in [0, 0.05) is 54.6 Å². The summed E-state index contributed by atoms with van der Waals surface area (Å²) < 4.78 is 1.83. The van der Waals surface area contributed by atoms with Crippen LogP contribution in [0.5, 0.6) is 0 Å². The molecule has 3 atom stereocenters. The second-order valence-corrected chi connectivity index (χ2v) is 7.17. The van der Waals surface area contributed by atoms with E-state index in [0.29, 0.717) is 17.1 Å². The number of hydrogen-bond donors (Lipinski definition) is 3. The van der Waals surface area contributed by atoms with Crippen LogP contribution in [-0.4, -0.2) is 63.1 Å². The molecule has 1 aliphatic rings. The first-order valence-corrected chi connectivity index (χ1v) is 9.38. The fourth-order valence-electron chi connectivity index (χ4n) is 3.76. The van der Waals surface area contributed by atoms with E-state index in [9.17, 15) is 0 Å². The second-order valence-electron chi connectivity index (χ2n) is 7.17. The van der Waals surface area contributed by atoms with Crippen molar-refractivity contribution in [3.63, 3.8) is 0 Å². The summed E-state index contributed by atoms with van der Waals surface area (Å²) in [5.74, 6) is 1.36. The van der Waals surface area contributed by atoms with Crippen LogP contribution in [0.2, 0.25) is 0 Å². The lowest BCUT2D eigenvalue weighted by atomic mass is 9.96. The van der Waals surface area contributed by atoms with Gasteiger partial charge in [-0.25, -0.2) is 15.0 Å². The van der Waals surface area contributed by atoms with E-state index in [1.54, 1.807) is 24.8 Å². The average molecular weight is 387 g/mol. The van der Waals surface area contributed by atoms with Crippen molar-refractivity contribution < 1.29 is 0 Å². The van der Waals surface area contributed by atoms with Crippen LogP contribution in [0.15, 0.2) is 42.6 Å². The van der Waals surface area contributed by atoms with Crippen molar-refractivity contribution in [1.29, 1.82) is 5.41 Å². The van der Waals surface area contributed by atoms with Crippen LogP contribution >= 0.6 is 0 Å². The van der Waals surface area contributed by atoms with E-state index in [0.717, 1.165) is 23.6 Å². The molecule has 3 aromatic heterocycles. The molecule has 2 radical (unpaired) electrons. The number of nitrogens with zero attached hydrogens (tertiary/aromatic N) is 6. The molecule has 146 valence electrons. The number of nitrogens with two attached hydrogens (primary N) is 1. The number of rotatable bonds is 4. The number of hydrogen-bond acceptors (Lipinski definition) is 8. The third-order valence-electron chi connectivity index (χ3n) is 5.21. The molecule has 1 saturated heterocycles. The lowest BCUT2D eigenvalue weighted by Gasteiger charge is -2.44. The minimum Gasteiger partial charge on any atom is -0.404 e. The normalized spacial score (nSPS) is 22.8. The number of piperazine rings is 1. The molecule has 3 aromatic rings. The Balaban J connectivity index is 1.72. The molecular weight excluding hydrogens is 365 g/mol. The van der Waals surface area contributed by atoms with Crippen LogP contribution in [0.25, 0.3) is 17.2 Å². The van der Waals surface area contributed by atoms with Gasteiger partial charge in [-0.15, -0.1) is 0 Å². The van der Waals surface area contributed by atoms with Crippen molar-refractivity contribution in [3.8, 4) is 11.5 Å². The molecule has 4 N–H and O–H groups in total. The third-order valence-corrected chi connectivity index (χ3v) is 5.21. The van der Waals surface area contributed by atoms with Crippen LogP contribution < -0.4 is 21.5 Å². The molecule has 0 bridgehead atoms. The zero-order chi connectivity index (χ0) is 20.5. The fraction of sp³-hybridized carbons (Fsp3) is 0.316. The van der Waals surface area contributed by atoms with Gasteiger partial charge in [0.2, 0.25) is 0 Å². The molecule has 4 heterocycles. The van der Waals surface area contributed by atoms with E-state index >= 15 is 0 Å². The molecule has 1 aliphatic heterocycles. The van der Waals surface area contributed by atoms with Gasteiger partial charge in [0.05, 0.1) is 18.4 Å². The number of fused-ring (bicyclic) bond motifs is 1. The molecule has 29 heavy (non-hydrogen) atoms. The first-order valence-electron chi connectivity index (χ1n) is 9.38. The summed E-state index contributed by atoms with van der Waals surface area (Å²) >= 11 is 0. The van der Waals surface area contributed by atoms with Gasteiger partial charge in [-0.1, -0.05) is 0 Å². The summed E-state index contributed by atoms with van der Waals surface area (Å²) in [4.78, 5) is 19.9. The number of anilines is 1. The second kappa shape index (κ2) is 7.63. The van der Waals surface area contributed by atoms with Crippen molar-refractivity contribution in [3.05, 3.63) is 42.6 Å². The molecule has 0 aliphatic carbocycles. The van der Waals surface area contributed by atoms with Crippen LogP contribution in [0, 0.1) is 5.41 Å².